The number of rotatable bonds is 3. The normalized spacial score (nSPS) is 17.0. The number of nitrogens with zero attached hydrogens (tertiary/aromatic N) is 2. The Hall–Kier alpha value is -1.94. The molecule has 0 aliphatic carbocycles. The van der Waals surface area contributed by atoms with Crippen LogP contribution >= 0.6 is 11.6 Å². The lowest BCUT2D eigenvalue weighted by atomic mass is 10.0. The quantitative estimate of drug-likeness (QED) is 0.858. The van der Waals surface area contributed by atoms with Crippen molar-refractivity contribution < 1.29 is 4.79 Å². The van der Waals surface area contributed by atoms with Gasteiger partial charge in [0.2, 0.25) is 0 Å². The van der Waals surface area contributed by atoms with Crippen LogP contribution in [0.4, 0.5) is 10.5 Å². The molecule has 0 bridgehead atoms. The van der Waals surface area contributed by atoms with Gasteiger partial charge < -0.3 is 14.8 Å². The fraction of sp³-hybridized carbons (Fsp3) is 0.389. The molecule has 0 saturated heterocycles. The zero-order chi connectivity index (χ0) is 16.4. The number of hydrogen-bond donors (Lipinski definition) is 1. The minimum atomic E-state index is -0.0455. The maximum atomic E-state index is 12.7. The van der Waals surface area contributed by atoms with Gasteiger partial charge in [-0.2, -0.15) is 0 Å². The summed E-state index contributed by atoms with van der Waals surface area (Å²) in [7, 11) is 0. The van der Waals surface area contributed by atoms with Crippen molar-refractivity contribution in [3.05, 3.63) is 52.8 Å². The minimum Gasteiger partial charge on any atom is -0.345 e. The second-order valence-corrected chi connectivity index (χ2v) is 6.42. The molecule has 2 aromatic rings. The van der Waals surface area contributed by atoms with E-state index in [0.29, 0.717) is 5.02 Å². The summed E-state index contributed by atoms with van der Waals surface area (Å²) in [6.07, 6.45) is 2.01. The van der Waals surface area contributed by atoms with E-state index in [0.717, 1.165) is 31.6 Å². The van der Waals surface area contributed by atoms with Crippen molar-refractivity contribution >= 4 is 23.3 Å². The van der Waals surface area contributed by atoms with Gasteiger partial charge in [0.15, 0.2) is 0 Å². The molecule has 2 amide bonds. The summed E-state index contributed by atoms with van der Waals surface area (Å²) in [5, 5.41) is 3.65. The number of aromatic nitrogens is 1. The molecule has 1 aromatic carbocycles. The number of nitrogens with one attached hydrogen (secondary N) is 1. The fourth-order valence-corrected chi connectivity index (χ4v) is 3.38. The molecule has 0 spiro atoms. The van der Waals surface area contributed by atoms with Gasteiger partial charge in [-0.1, -0.05) is 24.9 Å². The van der Waals surface area contributed by atoms with E-state index < -0.39 is 0 Å². The van der Waals surface area contributed by atoms with Gasteiger partial charge >= 0.3 is 6.03 Å². The third kappa shape index (κ3) is 3.22. The van der Waals surface area contributed by atoms with Gasteiger partial charge in [0.05, 0.1) is 6.04 Å². The Labute approximate surface area is 142 Å². The average molecular weight is 332 g/mol. The number of aryl methyl sites for hydroxylation is 1. The Morgan fingerprint density at radius 3 is 2.65 bits per heavy atom. The Bertz CT molecular complexity index is 693. The molecule has 122 valence electrons. The SMILES string of the molecule is CCCC1c2ccc(C)n2CCN1C(=O)Nc1ccc(Cl)cc1. The number of halogens is 1. The van der Waals surface area contributed by atoms with Gasteiger partial charge in [-0.25, -0.2) is 4.79 Å². The molecule has 1 atom stereocenters. The Balaban J connectivity index is 1.80. The van der Waals surface area contributed by atoms with Gasteiger partial charge in [0.25, 0.3) is 0 Å². The predicted octanol–water partition coefficient (Wildman–Crippen LogP) is 4.84. The average Bonchev–Trinajstić information content (AvgIpc) is 2.92. The molecule has 1 aliphatic rings. The number of hydrogen-bond acceptors (Lipinski definition) is 1. The van der Waals surface area contributed by atoms with Crippen molar-refractivity contribution in [3.8, 4) is 0 Å². The maximum Gasteiger partial charge on any atom is 0.322 e. The topological polar surface area (TPSA) is 37.3 Å². The zero-order valence-corrected chi connectivity index (χ0v) is 14.3. The lowest BCUT2D eigenvalue weighted by Crippen LogP contribution is -2.44. The van der Waals surface area contributed by atoms with E-state index in [-0.39, 0.29) is 12.1 Å². The van der Waals surface area contributed by atoms with E-state index in [1.165, 1.54) is 11.4 Å². The van der Waals surface area contributed by atoms with E-state index >= 15 is 0 Å². The molecule has 0 radical (unpaired) electrons. The first-order valence-electron chi connectivity index (χ1n) is 8.09. The van der Waals surface area contributed by atoms with Crippen molar-refractivity contribution in [2.75, 3.05) is 11.9 Å². The number of urea groups is 1. The number of carbonyl (C=O) groups is 1. The first kappa shape index (κ1) is 15.9. The summed E-state index contributed by atoms with van der Waals surface area (Å²) in [5.41, 5.74) is 3.27. The molecular weight excluding hydrogens is 310 g/mol. The molecule has 1 aromatic heterocycles. The van der Waals surface area contributed by atoms with E-state index in [4.69, 9.17) is 11.6 Å². The Morgan fingerprint density at radius 1 is 1.22 bits per heavy atom. The Morgan fingerprint density at radius 2 is 1.96 bits per heavy atom. The smallest absolute Gasteiger partial charge is 0.322 e. The van der Waals surface area contributed by atoms with Gasteiger partial charge in [0, 0.05) is 35.2 Å². The van der Waals surface area contributed by atoms with Crippen LogP contribution < -0.4 is 5.32 Å². The second kappa shape index (κ2) is 6.67. The van der Waals surface area contributed by atoms with Crippen LogP contribution in [0.2, 0.25) is 5.02 Å². The molecule has 5 heteroatoms. The minimum absolute atomic E-state index is 0.0455. The van der Waals surface area contributed by atoms with E-state index in [1.807, 2.05) is 17.0 Å². The molecule has 23 heavy (non-hydrogen) atoms. The van der Waals surface area contributed by atoms with Gasteiger partial charge in [-0.05, 0) is 49.7 Å². The van der Waals surface area contributed by atoms with Crippen molar-refractivity contribution in [1.82, 2.24) is 9.47 Å². The van der Waals surface area contributed by atoms with E-state index in [2.05, 4.69) is 35.9 Å². The van der Waals surface area contributed by atoms with E-state index in [9.17, 15) is 4.79 Å². The number of carbonyl (C=O) groups excluding carboxylic acids is 1. The highest BCUT2D eigenvalue weighted by Crippen LogP contribution is 2.31. The molecule has 0 saturated carbocycles. The zero-order valence-electron chi connectivity index (χ0n) is 13.6. The summed E-state index contributed by atoms with van der Waals surface area (Å²) in [5.74, 6) is 0. The summed E-state index contributed by atoms with van der Waals surface area (Å²) in [4.78, 5) is 14.7. The molecule has 1 aliphatic heterocycles. The number of anilines is 1. The number of amides is 2. The van der Waals surface area contributed by atoms with Crippen molar-refractivity contribution in [3.63, 3.8) is 0 Å². The molecule has 4 nitrogen and oxygen atoms in total. The first-order valence-corrected chi connectivity index (χ1v) is 8.47. The largest absolute Gasteiger partial charge is 0.345 e. The first-order chi connectivity index (χ1) is 11.1. The molecule has 2 heterocycles. The highest BCUT2D eigenvalue weighted by molar-refractivity contribution is 6.30. The lowest BCUT2D eigenvalue weighted by molar-refractivity contribution is 0.162. The van der Waals surface area contributed by atoms with Gasteiger partial charge in [0.1, 0.15) is 0 Å². The summed E-state index contributed by atoms with van der Waals surface area (Å²) < 4.78 is 2.33. The van der Waals surface area contributed by atoms with Gasteiger partial charge in [-0.15, -0.1) is 0 Å². The van der Waals surface area contributed by atoms with Crippen LogP contribution in [0.25, 0.3) is 0 Å². The molecule has 1 N–H and O–H groups in total. The summed E-state index contributed by atoms with van der Waals surface area (Å²) in [6.45, 7) is 5.86. The summed E-state index contributed by atoms with van der Waals surface area (Å²) >= 11 is 5.89. The Kier molecular flexibility index (Phi) is 4.62. The van der Waals surface area contributed by atoms with Crippen LogP contribution in [-0.2, 0) is 6.54 Å². The maximum absolute atomic E-state index is 12.7. The van der Waals surface area contributed by atoms with Crippen LogP contribution in [0.15, 0.2) is 36.4 Å². The standard InChI is InChI=1S/C18H22ClN3O/c1-3-4-16-17-10-5-13(2)21(17)11-12-22(16)18(23)20-15-8-6-14(19)7-9-15/h5-10,16H,3-4,11-12H2,1-2H3,(H,20,23). The van der Waals surface area contributed by atoms with Crippen LogP contribution in [0, 0.1) is 6.92 Å². The molecule has 0 fully saturated rings. The van der Waals surface area contributed by atoms with E-state index in [1.54, 1.807) is 12.1 Å². The lowest BCUT2D eigenvalue weighted by Gasteiger charge is -2.37. The van der Waals surface area contributed by atoms with Crippen LogP contribution in [0.5, 0.6) is 0 Å². The third-order valence-electron chi connectivity index (χ3n) is 4.43. The summed E-state index contributed by atoms with van der Waals surface area (Å²) in [6, 6.07) is 11.6. The molecular formula is C18H22ClN3O. The second-order valence-electron chi connectivity index (χ2n) is 5.99. The fourth-order valence-electron chi connectivity index (χ4n) is 3.26. The molecule has 1 unspecified atom stereocenters. The monoisotopic (exact) mass is 331 g/mol. The highest BCUT2D eigenvalue weighted by atomic mass is 35.5. The highest BCUT2D eigenvalue weighted by Gasteiger charge is 2.30. The van der Waals surface area contributed by atoms with Gasteiger partial charge in [-0.3, -0.25) is 0 Å². The number of fused-ring (bicyclic) bond motifs is 1. The van der Waals surface area contributed by atoms with Crippen molar-refractivity contribution in [2.45, 2.75) is 39.3 Å². The van der Waals surface area contributed by atoms with Crippen LogP contribution in [0.3, 0.4) is 0 Å². The van der Waals surface area contributed by atoms with Crippen LogP contribution in [0.1, 0.15) is 37.2 Å². The van der Waals surface area contributed by atoms with Crippen molar-refractivity contribution in [1.29, 1.82) is 0 Å². The molecule has 3 rings (SSSR count). The third-order valence-corrected chi connectivity index (χ3v) is 4.69. The number of benzene rings is 1. The van der Waals surface area contributed by atoms with Crippen molar-refractivity contribution in [2.24, 2.45) is 0 Å². The predicted molar refractivity (Wildman–Crippen MR) is 94.0 cm³/mol. The van der Waals surface area contributed by atoms with Crippen LogP contribution in [-0.4, -0.2) is 22.0 Å².